The van der Waals surface area contributed by atoms with E-state index in [1.165, 1.54) is 0 Å². The first kappa shape index (κ1) is 46.7. The smallest absolute Gasteiger partial charge is 0.303 e. The van der Waals surface area contributed by atoms with Gasteiger partial charge in [0.1, 0.15) is 24.7 Å². The van der Waals surface area contributed by atoms with Crippen LogP contribution in [0.4, 0.5) is 11.4 Å². The average Bonchev–Trinajstić information content (AvgIpc) is 3.10. The van der Waals surface area contributed by atoms with Gasteiger partial charge in [-0.2, -0.15) is 0 Å². The molecule has 56 heavy (non-hydrogen) atoms. The van der Waals surface area contributed by atoms with Crippen LogP contribution in [0.15, 0.2) is 84.6 Å². The Bertz CT molecular complexity index is 1970. The number of nitrogens with one attached hydrogen (secondary N) is 2. The molecule has 2 amide bonds. The van der Waals surface area contributed by atoms with Crippen LogP contribution in [0, 0.1) is 18.8 Å². The molecule has 0 aliphatic carbocycles. The third kappa shape index (κ3) is 15.7. The van der Waals surface area contributed by atoms with Crippen molar-refractivity contribution in [1.82, 2.24) is 0 Å². The molecule has 0 spiro atoms. The molecule has 4 N–H and O–H groups in total. The number of rotatable bonds is 17. The minimum absolute atomic E-state index is 0.00416. The number of carboxylic acid groups (broad SMARTS) is 2. The summed E-state index contributed by atoms with van der Waals surface area (Å²) in [5.74, 6) is -0.173. The lowest BCUT2D eigenvalue weighted by Gasteiger charge is -2.16. The molecule has 0 radical (unpaired) electrons. The van der Waals surface area contributed by atoms with Crippen LogP contribution < -0.4 is 20.1 Å². The minimum Gasteiger partial charge on any atom is -0.487 e. The van der Waals surface area contributed by atoms with Gasteiger partial charge in [-0.25, -0.2) is 0 Å². The first-order valence-electron chi connectivity index (χ1n) is 17.9. The number of benzene rings is 4. The highest BCUT2D eigenvalue weighted by Crippen LogP contribution is 2.37. The van der Waals surface area contributed by atoms with Gasteiger partial charge >= 0.3 is 11.9 Å². The molecule has 0 heterocycles. The molecule has 0 unspecified atom stereocenters. The van der Waals surface area contributed by atoms with Crippen molar-refractivity contribution in [2.24, 2.45) is 11.8 Å². The normalized spacial score (nSPS) is 10.8. The molecule has 0 saturated carbocycles. The van der Waals surface area contributed by atoms with E-state index in [0.717, 1.165) is 57.1 Å². The number of amides is 2. The summed E-state index contributed by atoms with van der Waals surface area (Å²) in [5.41, 5.74) is 6.19. The number of aliphatic carboxylic acids is 2. The predicted octanol–water partition coefficient (Wildman–Crippen LogP) is 11.5. The van der Waals surface area contributed by atoms with Gasteiger partial charge in [0.05, 0.1) is 17.9 Å². The lowest BCUT2D eigenvalue weighted by Crippen LogP contribution is -2.18. The van der Waals surface area contributed by atoms with Crippen LogP contribution in [-0.4, -0.2) is 34.0 Å². The summed E-state index contributed by atoms with van der Waals surface area (Å²) in [5, 5.41) is 23.5. The molecule has 0 bridgehead atoms. The maximum absolute atomic E-state index is 12.0. The Kier molecular flexibility index (Phi) is 19.1. The van der Waals surface area contributed by atoms with E-state index in [2.05, 4.69) is 74.4 Å². The van der Waals surface area contributed by atoms with Crippen LogP contribution in [0.1, 0.15) is 74.8 Å². The van der Waals surface area contributed by atoms with Gasteiger partial charge in [-0.3, -0.25) is 19.2 Å². The van der Waals surface area contributed by atoms with Crippen molar-refractivity contribution in [2.45, 2.75) is 79.9 Å². The first-order valence-corrected chi connectivity index (χ1v) is 21.0. The summed E-state index contributed by atoms with van der Waals surface area (Å²) in [4.78, 5) is 45.4. The van der Waals surface area contributed by atoms with E-state index in [1.54, 1.807) is 0 Å². The molecule has 10 nitrogen and oxygen atoms in total. The standard InChI is InChI=1S/2C21H23Br2NO4/c1-12(2)21(27)24-18-6-4-5-15(13(18)3)11-28-20-16(22)9-14(10-17(20)23)7-8-19(25)26;1-13(2)8-19(25)24-16-5-3-4-15(9-16)12-28-21-17(22)10-14(11-18(21)23)6-7-20(26)27/h4-6,9-10,12H,7-8,11H2,1-3H3,(H,24,27)(H,25,26);3-5,9-11,13H,6-8,12H2,1-2H3,(H,24,25)(H,26,27). The highest BCUT2D eigenvalue weighted by atomic mass is 79.9. The van der Waals surface area contributed by atoms with Gasteiger partial charge in [-0.1, -0.05) is 52.0 Å². The number of aryl methyl sites for hydroxylation is 2. The Morgan fingerprint density at radius 1 is 0.661 bits per heavy atom. The largest absolute Gasteiger partial charge is 0.487 e. The van der Waals surface area contributed by atoms with Crippen LogP contribution in [-0.2, 0) is 45.2 Å². The van der Waals surface area contributed by atoms with E-state index in [9.17, 15) is 19.2 Å². The number of halogens is 4. The van der Waals surface area contributed by atoms with Crippen LogP contribution in [0.25, 0.3) is 0 Å². The Morgan fingerprint density at radius 2 is 1.16 bits per heavy atom. The van der Waals surface area contributed by atoms with Gasteiger partial charge < -0.3 is 30.3 Å². The molecule has 4 aromatic rings. The lowest BCUT2D eigenvalue weighted by molar-refractivity contribution is -0.138. The fourth-order valence-electron chi connectivity index (χ4n) is 5.17. The molecule has 4 aromatic carbocycles. The van der Waals surface area contributed by atoms with E-state index in [4.69, 9.17) is 19.7 Å². The van der Waals surface area contributed by atoms with Crippen molar-refractivity contribution in [2.75, 3.05) is 10.6 Å². The summed E-state index contributed by atoms with van der Waals surface area (Å²) in [6.07, 6.45) is 1.53. The van der Waals surface area contributed by atoms with Crippen molar-refractivity contribution >= 4 is 98.8 Å². The number of anilines is 2. The average molecular weight is 1030 g/mol. The van der Waals surface area contributed by atoms with E-state index < -0.39 is 11.9 Å². The summed E-state index contributed by atoms with van der Waals surface area (Å²) in [6.45, 7) is 10.3. The van der Waals surface area contributed by atoms with E-state index in [0.29, 0.717) is 49.9 Å². The van der Waals surface area contributed by atoms with Crippen molar-refractivity contribution in [3.05, 3.63) is 112 Å². The first-order chi connectivity index (χ1) is 26.4. The maximum atomic E-state index is 12.0. The van der Waals surface area contributed by atoms with Crippen LogP contribution in [0.5, 0.6) is 11.5 Å². The van der Waals surface area contributed by atoms with Crippen LogP contribution in [0.3, 0.4) is 0 Å². The van der Waals surface area contributed by atoms with Crippen molar-refractivity contribution in [3.8, 4) is 11.5 Å². The lowest BCUT2D eigenvalue weighted by atomic mass is 10.1. The minimum atomic E-state index is -0.826. The molecule has 0 atom stereocenters. The highest BCUT2D eigenvalue weighted by Gasteiger charge is 2.15. The molecule has 0 aromatic heterocycles. The van der Waals surface area contributed by atoms with Crippen LogP contribution in [0.2, 0.25) is 0 Å². The van der Waals surface area contributed by atoms with Gasteiger partial charge in [0.2, 0.25) is 11.8 Å². The summed E-state index contributed by atoms with van der Waals surface area (Å²) < 4.78 is 15.0. The number of hydrogen-bond donors (Lipinski definition) is 4. The number of ether oxygens (including phenoxy) is 2. The summed E-state index contributed by atoms with van der Waals surface area (Å²) in [6, 6.07) is 20.8. The van der Waals surface area contributed by atoms with Crippen LogP contribution >= 0.6 is 63.7 Å². The Morgan fingerprint density at radius 3 is 1.64 bits per heavy atom. The molecular formula is C42H46Br4N2O8. The molecular weight excluding hydrogens is 980 g/mol. The van der Waals surface area contributed by atoms with Gasteiger partial charge in [-0.05, 0) is 160 Å². The summed E-state index contributed by atoms with van der Waals surface area (Å²) in [7, 11) is 0. The quantitative estimate of drug-likeness (QED) is 0.0816. The van der Waals surface area contributed by atoms with Gasteiger partial charge in [0.25, 0.3) is 0 Å². The second kappa shape index (κ2) is 22.9. The fraction of sp³-hybridized carbons (Fsp3) is 0.333. The molecule has 0 saturated heterocycles. The molecule has 14 heteroatoms. The van der Waals surface area contributed by atoms with E-state index in [1.807, 2.05) is 101 Å². The van der Waals surface area contributed by atoms with Gasteiger partial charge in [0.15, 0.2) is 0 Å². The molecule has 0 aliphatic heterocycles. The zero-order chi connectivity index (χ0) is 41.5. The Balaban J connectivity index is 0.000000300. The monoisotopic (exact) mass is 1020 g/mol. The fourth-order valence-corrected chi connectivity index (χ4v) is 8.19. The zero-order valence-corrected chi connectivity index (χ0v) is 38.2. The second-order valence-corrected chi connectivity index (χ2v) is 17.1. The van der Waals surface area contributed by atoms with Gasteiger partial charge in [-0.15, -0.1) is 0 Å². The summed E-state index contributed by atoms with van der Waals surface area (Å²) >= 11 is 14.0. The Hall–Kier alpha value is -3.72. The molecule has 0 fully saturated rings. The number of carbonyl (C=O) groups excluding carboxylic acids is 2. The zero-order valence-electron chi connectivity index (χ0n) is 31.8. The highest BCUT2D eigenvalue weighted by molar-refractivity contribution is 9.11. The number of hydrogen-bond acceptors (Lipinski definition) is 6. The van der Waals surface area contributed by atoms with E-state index in [-0.39, 0.29) is 30.6 Å². The van der Waals surface area contributed by atoms with E-state index >= 15 is 0 Å². The molecule has 4 rings (SSSR count). The predicted molar refractivity (Wildman–Crippen MR) is 233 cm³/mol. The Labute approximate surface area is 361 Å². The number of carboxylic acids is 2. The van der Waals surface area contributed by atoms with Gasteiger partial charge in [0, 0.05) is 36.6 Å². The number of carbonyl (C=O) groups is 4. The SMILES string of the molecule is CC(C)CC(=O)Nc1cccc(COc2c(Br)cc(CCC(=O)O)cc2Br)c1.Cc1c(COc2c(Br)cc(CCC(=O)O)cc2Br)cccc1NC(=O)C(C)C. The third-order valence-corrected chi connectivity index (χ3v) is 10.5. The molecule has 0 aliphatic rings. The topological polar surface area (TPSA) is 151 Å². The van der Waals surface area contributed by atoms with Crippen molar-refractivity contribution in [3.63, 3.8) is 0 Å². The second-order valence-electron chi connectivity index (χ2n) is 13.7. The van der Waals surface area contributed by atoms with Crippen molar-refractivity contribution in [1.29, 1.82) is 0 Å². The maximum Gasteiger partial charge on any atom is 0.303 e. The van der Waals surface area contributed by atoms with Crippen molar-refractivity contribution < 1.29 is 38.9 Å². The third-order valence-electron chi connectivity index (χ3n) is 8.16. The molecule has 300 valence electrons.